The Morgan fingerprint density at radius 2 is 1.45 bits per heavy atom. The summed E-state index contributed by atoms with van der Waals surface area (Å²) >= 11 is 0. The first kappa shape index (κ1) is 15.7. The molecule has 2 rings (SSSR count). The zero-order chi connectivity index (χ0) is 15.9. The van der Waals surface area contributed by atoms with E-state index in [1.165, 1.54) is 0 Å². The summed E-state index contributed by atoms with van der Waals surface area (Å²) in [6, 6.07) is 12.1. The average molecular weight is 297 g/mol. The lowest BCUT2D eigenvalue weighted by Crippen LogP contribution is -1.96. The van der Waals surface area contributed by atoms with Crippen molar-refractivity contribution in [2.24, 2.45) is 4.99 Å². The number of benzene rings is 2. The molecule has 0 radical (unpaired) electrons. The Labute approximate surface area is 131 Å². The number of nitrogens with two attached hydrogens (primary N) is 1. The summed E-state index contributed by atoms with van der Waals surface area (Å²) in [7, 11) is 5.69. The highest BCUT2D eigenvalue weighted by atomic mass is 14.9. The van der Waals surface area contributed by atoms with E-state index in [1.807, 2.05) is 45.6 Å². The Balaban J connectivity index is 2.13. The van der Waals surface area contributed by atoms with Crippen molar-refractivity contribution in [1.29, 1.82) is 0 Å². The highest BCUT2D eigenvalue weighted by Gasteiger charge is 1.99. The lowest BCUT2D eigenvalue weighted by molar-refractivity contribution is 1.08. The number of anilines is 4. The third kappa shape index (κ3) is 4.15. The first-order valence-electron chi connectivity index (χ1n) is 7.22. The van der Waals surface area contributed by atoms with Crippen LogP contribution >= 0.6 is 0 Å². The van der Waals surface area contributed by atoms with Crippen molar-refractivity contribution < 1.29 is 0 Å². The predicted molar refractivity (Wildman–Crippen MR) is 97.2 cm³/mol. The summed E-state index contributed by atoms with van der Waals surface area (Å²) < 4.78 is 0. The highest BCUT2D eigenvalue weighted by Crippen LogP contribution is 2.19. The van der Waals surface area contributed by atoms with Crippen LogP contribution in [0.15, 0.2) is 41.4 Å². The second kappa shape index (κ2) is 7.36. The monoisotopic (exact) mass is 297 g/mol. The van der Waals surface area contributed by atoms with Crippen LogP contribution in [-0.2, 0) is 6.54 Å². The van der Waals surface area contributed by atoms with Crippen LogP contribution in [0.25, 0.3) is 0 Å². The Morgan fingerprint density at radius 3 is 2.05 bits per heavy atom. The number of aliphatic imine (C=N–C) groups is 1. The minimum absolute atomic E-state index is 0.619. The molecule has 22 heavy (non-hydrogen) atoms. The lowest BCUT2D eigenvalue weighted by atomic mass is 10.1. The maximum absolute atomic E-state index is 5.88. The van der Waals surface area contributed by atoms with Crippen LogP contribution < -0.4 is 21.7 Å². The van der Waals surface area contributed by atoms with Crippen molar-refractivity contribution in [3.63, 3.8) is 0 Å². The second-order valence-corrected chi connectivity index (χ2v) is 5.03. The van der Waals surface area contributed by atoms with Gasteiger partial charge in [-0.2, -0.15) is 0 Å². The highest BCUT2D eigenvalue weighted by molar-refractivity contribution is 5.83. The fourth-order valence-electron chi connectivity index (χ4n) is 2.22. The maximum Gasteiger partial charge on any atom is 0.0641 e. The van der Waals surface area contributed by atoms with Crippen LogP contribution in [0, 0.1) is 0 Å². The molecule has 2 aromatic carbocycles. The molecule has 0 atom stereocenters. The Kier molecular flexibility index (Phi) is 5.25. The fourth-order valence-corrected chi connectivity index (χ4v) is 2.22. The summed E-state index contributed by atoms with van der Waals surface area (Å²) in [6.07, 6.45) is 1.85. The van der Waals surface area contributed by atoms with Gasteiger partial charge < -0.3 is 21.7 Å². The van der Waals surface area contributed by atoms with Gasteiger partial charge in [0.2, 0.25) is 0 Å². The van der Waals surface area contributed by atoms with Gasteiger partial charge in [0.15, 0.2) is 0 Å². The van der Waals surface area contributed by atoms with Crippen LogP contribution in [0.3, 0.4) is 0 Å². The summed E-state index contributed by atoms with van der Waals surface area (Å²) in [4.78, 5) is 4.52. The third-order valence-corrected chi connectivity index (χ3v) is 3.35. The van der Waals surface area contributed by atoms with E-state index >= 15 is 0 Å². The minimum atomic E-state index is 0.619. The van der Waals surface area contributed by atoms with Gasteiger partial charge in [-0.1, -0.05) is 0 Å². The van der Waals surface area contributed by atoms with Crippen LogP contribution in [0.5, 0.6) is 0 Å². The minimum Gasteiger partial charge on any atom is -0.399 e. The lowest BCUT2D eigenvalue weighted by Gasteiger charge is -2.08. The van der Waals surface area contributed by atoms with Gasteiger partial charge in [-0.25, -0.2) is 0 Å². The number of hydrogen-bond acceptors (Lipinski definition) is 5. The zero-order valence-corrected chi connectivity index (χ0v) is 13.3. The molecule has 0 aliphatic heterocycles. The van der Waals surface area contributed by atoms with Gasteiger partial charge in [-0.05, 0) is 47.5 Å². The summed E-state index contributed by atoms with van der Waals surface area (Å²) in [6.45, 7) is 0.619. The van der Waals surface area contributed by atoms with Gasteiger partial charge in [0.25, 0.3) is 0 Å². The molecule has 5 nitrogen and oxygen atoms in total. The van der Waals surface area contributed by atoms with Crippen molar-refractivity contribution in [2.75, 3.05) is 42.8 Å². The number of nitrogens with zero attached hydrogens (tertiary/aromatic N) is 1. The molecular weight excluding hydrogens is 274 g/mol. The van der Waals surface area contributed by atoms with Gasteiger partial charge in [-0.3, -0.25) is 4.99 Å². The summed E-state index contributed by atoms with van der Waals surface area (Å²) in [5, 5.41) is 9.40. The first-order valence-corrected chi connectivity index (χ1v) is 7.22. The molecule has 0 aliphatic carbocycles. The molecule has 5 N–H and O–H groups in total. The summed E-state index contributed by atoms with van der Waals surface area (Å²) in [5.41, 5.74) is 11.9. The number of nitrogens with one attached hydrogen (secondary N) is 3. The molecule has 0 unspecified atom stereocenters. The van der Waals surface area contributed by atoms with Crippen molar-refractivity contribution in [3.8, 4) is 0 Å². The van der Waals surface area contributed by atoms with E-state index < -0.39 is 0 Å². The third-order valence-electron chi connectivity index (χ3n) is 3.35. The number of nitrogen functional groups attached to an aromatic ring is 1. The normalized spacial score (nSPS) is 10.7. The van der Waals surface area contributed by atoms with E-state index in [9.17, 15) is 0 Å². The van der Waals surface area contributed by atoms with Crippen molar-refractivity contribution in [3.05, 3.63) is 47.5 Å². The fraction of sp³-hybridized carbons (Fsp3) is 0.235. The van der Waals surface area contributed by atoms with E-state index in [-0.39, 0.29) is 0 Å². The molecule has 0 spiro atoms. The average Bonchev–Trinajstić information content (AvgIpc) is 2.53. The van der Waals surface area contributed by atoms with Crippen LogP contribution in [0.2, 0.25) is 0 Å². The topological polar surface area (TPSA) is 74.5 Å². The maximum atomic E-state index is 5.88. The number of hydrogen-bond donors (Lipinski definition) is 4. The van der Waals surface area contributed by atoms with E-state index in [1.54, 1.807) is 0 Å². The standard InChI is InChI=1S/C17H23N5/c1-19-15-5-12(4-14(18)8-15)10-22-11-13-6-16(20-2)9-17(7-13)21-3/h4-10,19-21H,11,18H2,1-3H3. The number of rotatable bonds is 6. The molecule has 0 bridgehead atoms. The van der Waals surface area contributed by atoms with Gasteiger partial charge in [0.05, 0.1) is 6.54 Å². The van der Waals surface area contributed by atoms with E-state index in [0.717, 1.165) is 33.9 Å². The Morgan fingerprint density at radius 1 is 0.864 bits per heavy atom. The molecule has 0 aromatic heterocycles. The molecule has 5 heteroatoms. The molecule has 2 aromatic rings. The SMILES string of the molecule is CNc1cc(N)cc(C=NCc2cc(NC)cc(NC)c2)c1. The van der Waals surface area contributed by atoms with E-state index in [0.29, 0.717) is 6.54 Å². The van der Waals surface area contributed by atoms with Crippen molar-refractivity contribution in [2.45, 2.75) is 6.54 Å². The molecule has 0 saturated heterocycles. The van der Waals surface area contributed by atoms with Gasteiger partial charge in [0.1, 0.15) is 0 Å². The van der Waals surface area contributed by atoms with Crippen LogP contribution in [0.4, 0.5) is 22.7 Å². The molecule has 0 fully saturated rings. The Hall–Kier alpha value is -2.69. The Bertz CT molecular complexity index is 642. The van der Waals surface area contributed by atoms with Gasteiger partial charge in [0, 0.05) is 50.1 Å². The molecule has 0 amide bonds. The molecule has 0 saturated carbocycles. The van der Waals surface area contributed by atoms with Crippen LogP contribution in [-0.4, -0.2) is 27.4 Å². The second-order valence-electron chi connectivity index (χ2n) is 5.03. The quantitative estimate of drug-likeness (QED) is 0.488. The van der Waals surface area contributed by atoms with E-state index in [4.69, 9.17) is 5.73 Å². The van der Waals surface area contributed by atoms with Crippen molar-refractivity contribution >= 4 is 29.0 Å². The van der Waals surface area contributed by atoms with Crippen molar-refractivity contribution in [1.82, 2.24) is 0 Å². The zero-order valence-electron chi connectivity index (χ0n) is 13.3. The largest absolute Gasteiger partial charge is 0.399 e. The molecule has 0 aliphatic rings. The van der Waals surface area contributed by atoms with Gasteiger partial charge >= 0.3 is 0 Å². The smallest absolute Gasteiger partial charge is 0.0641 e. The molecular formula is C17H23N5. The van der Waals surface area contributed by atoms with E-state index in [2.05, 4.69) is 39.1 Å². The summed E-state index contributed by atoms with van der Waals surface area (Å²) in [5.74, 6) is 0. The molecule has 116 valence electrons. The van der Waals surface area contributed by atoms with Crippen LogP contribution in [0.1, 0.15) is 11.1 Å². The predicted octanol–water partition coefficient (Wildman–Crippen LogP) is 3.01. The first-order chi connectivity index (χ1) is 10.6. The molecule has 0 heterocycles. The van der Waals surface area contributed by atoms with Gasteiger partial charge in [-0.15, -0.1) is 0 Å².